The van der Waals surface area contributed by atoms with Crippen molar-refractivity contribution in [3.05, 3.63) is 95.1 Å². The van der Waals surface area contributed by atoms with Crippen LogP contribution < -0.4 is 0 Å². The van der Waals surface area contributed by atoms with Gasteiger partial charge in [-0.25, -0.2) is 0 Å². The molecule has 0 radical (unpaired) electrons. The normalized spacial score (nSPS) is 17.6. The Morgan fingerprint density at radius 1 is 0.386 bits per heavy atom. The number of ether oxygens (including phenoxy) is 4. The summed E-state index contributed by atoms with van der Waals surface area (Å²) in [7, 11) is 0. The fraction of sp³-hybridized carbons (Fsp3) is 0.500. The third-order valence-corrected chi connectivity index (χ3v) is 16.7. The average Bonchev–Trinajstić information content (AvgIpc) is 3.91. The van der Waals surface area contributed by atoms with Crippen LogP contribution in [0.2, 0.25) is 0 Å². The third kappa shape index (κ3) is 12.5. The maximum absolute atomic E-state index is 13.0. The zero-order valence-electron chi connectivity index (χ0n) is 41.9. The average molecular weight is 985 g/mol. The summed E-state index contributed by atoms with van der Waals surface area (Å²) >= 11 is 3.62. The van der Waals surface area contributed by atoms with E-state index in [0.29, 0.717) is 51.4 Å². The second kappa shape index (κ2) is 24.9. The molecule has 0 fully saturated rings. The van der Waals surface area contributed by atoms with Crippen LogP contribution in [-0.4, -0.2) is 23.9 Å². The number of thiophene rings is 2. The fourth-order valence-electron chi connectivity index (χ4n) is 10.3. The number of benzene rings is 4. The maximum Gasteiger partial charge on any atom is 0.306 e. The van der Waals surface area contributed by atoms with Gasteiger partial charge in [0.25, 0.3) is 0 Å². The van der Waals surface area contributed by atoms with E-state index >= 15 is 0 Å². The highest BCUT2D eigenvalue weighted by Gasteiger charge is 2.34. The number of carbonyl (C=O) groups is 4. The molecule has 2 aliphatic carbocycles. The molecule has 0 N–H and O–H groups in total. The van der Waals surface area contributed by atoms with Crippen molar-refractivity contribution in [3.63, 3.8) is 0 Å². The molecule has 10 heteroatoms. The molecule has 4 aromatic carbocycles. The standard InChI is InChI=1S/C60H72O8S2/c1-5-9-13-17-21-57(63)65-49-31-33-51(67-55(61)19-15-11-7-3)47-35-39(23-27-43(47)49)41-25-29-45-53(37-41)69-60-46-30-26-42(38-54(46)70-59(45)60)40-24-28-44-48(36-40)52(68-56(62)20-16-12-8-4)34-32-50(44)66-58(64)22-18-14-10-6-2/h23-30,35-38,49-52H,5-22,31-34H2,1-4H3. The van der Waals surface area contributed by atoms with E-state index < -0.39 is 0 Å². The van der Waals surface area contributed by atoms with E-state index in [0.717, 1.165) is 134 Å². The molecular formula is C60H72O8S2. The number of rotatable bonds is 24. The summed E-state index contributed by atoms with van der Waals surface area (Å²) < 4.78 is 29.5. The summed E-state index contributed by atoms with van der Waals surface area (Å²) in [5, 5.41) is 2.44. The second-order valence-corrected chi connectivity index (χ2v) is 21.7. The largest absolute Gasteiger partial charge is 0.457 e. The van der Waals surface area contributed by atoms with Crippen LogP contribution in [0, 0.1) is 0 Å². The van der Waals surface area contributed by atoms with Crippen LogP contribution in [0.3, 0.4) is 0 Å². The maximum atomic E-state index is 13.0. The van der Waals surface area contributed by atoms with Crippen molar-refractivity contribution in [3.8, 4) is 22.3 Å². The SMILES string of the molecule is CCCCCCC(=O)OC1CCC(OC(=O)CCCCC)c2cc(-c3ccc4c(c3)sc3c5ccc(-c6ccc7c(c6)C(OC(=O)CCCCC)CCC7OC(=O)CCCCCC)cc5sc43)ccc21. The Morgan fingerprint density at radius 3 is 1.04 bits per heavy atom. The molecule has 2 aliphatic rings. The minimum atomic E-state index is -0.386. The topological polar surface area (TPSA) is 105 Å². The van der Waals surface area contributed by atoms with Crippen molar-refractivity contribution < 1.29 is 38.1 Å². The Balaban J connectivity index is 1.05. The van der Waals surface area contributed by atoms with E-state index in [2.05, 4.69) is 100 Å². The highest BCUT2D eigenvalue weighted by atomic mass is 32.1. The highest BCUT2D eigenvalue weighted by molar-refractivity contribution is 7.36. The van der Waals surface area contributed by atoms with E-state index in [9.17, 15) is 19.2 Å². The van der Waals surface area contributed by atoms with Crippen molar-refractivity contribution in [2.45, 2.75) is 193 Å². The lowest BCUT2D eigenvalue weighted by atomic mass is 9.85. The van der Waals surface area contributed by atoms with Gasteiger partial charge < -0.3 is 18.9 Å². The second-order valence-electron chi connectivity index (χ2n) is 19.6. The third-order valence-electron chi connectivity index (χ3n) is 14.2. The van der Waals surface area contributed by atoms with E-state index in [4.69, 9.17) is 18.9 Å². The monoisotopic (exact) mass is 984 g/mol. The van der Waals surface area contributed by atoms with E-state index in [1.807, 2.05) is 22.7 Å². The van der Waals surface area contributed by atoms with Crippen LogP contribution in [0.4, 0.5) is 0 Å². The van der Waals surface area contributed by atoms with E-state index in [1.54, 1.807) is 0 Å². The van der Waals surface area contributed by atoms with Gasteiger partial charge in [-0.1, -0.05) is 140 Å². The van der Waals surface area contributed by atoms with Crippen molar-refractivity contribution in [1.82, 2.24) is 0 Å². The molecule has 4 atom stereocenters. The summed E-state index contributed by atoms with van der Waals surface area (Å²) in [5.74, 6) is -0.670. The Morgan fingerprint density at radius 2 is 0.686 bits per heavy atom. The predicted molar refractivity (Wildman–Crippen MR) is 285 cm³/mol. The van der Waals surface area contributed by atoms with Gasteiger partial charge in [0, 0.05) is 45.9 Å². The number of esters is 4. The zero-order valence-corrected chi connectivity index (χ0v) is 43.5. The highest BCUT2D eigenvalue weighted by Crippen LogP contribution is 2.48. The summed E-state index contributed by atoms with van der Waals surface area (Å²) in [6.45, 7) is 8.58. The first kappa shape index (κ1) is 51.3. The molecule has 0 saturated carbocycles. The van der Waals surface area contributed by atoms with E-state index in [1.165, 1.54) is 29.6 Å². The first-order valence-electron chi connectivity index (χ1n) is 26.6. The molecule has 372 valence electrons. The Bertz CT molecular complexity index is 2580. The van der Waals surface area contributed by atoms with Gasteiger partial charge in [0.2, 0.25) is 0 Å². The summed E-state index contributed by atoms with van der Waals surface area (Å²) in [5.41, 5.74) is 7.97. The van der Waals surface area contributed by atoms with Crippen molar-refractivity contribution in [2.24, 2.45) is 0 Å². The van der Waals surface area contributed by atoms with Crippen LogP contribution in [0.1, 0.15) is 216 Å². The molecule has 0 spiro atoms. The van der Waals surface area contributed by atoms with Gasteiger partial charge in [-0.3, -0.25) is 19.2 Å². The van der Waals surface area contributed by atoms with E-state index in [-0.39, 0.29) is 48.3 Å². The minimum Gasteiger partial charge on any atom is -0.457 e. The first-order valence-corrected chi connectivity index (χ1v) is 28.3. The van der Waals surface area contributed by atoms with Gasteiger partial charge >= 0.3 is 23.9 Å². The number of carbonyl (C=O) groups excluding carboxylic acids is 4. The Kier molecular flexibility index (Phi) is 18.2. The molecule has 8 rings (SSSR count). The van der Waals surface area contributed by atoms with Crippen molar-refractivity contribution in [2.75, 3.05) is 0 Å². The van der Waals surface area contributed by atoms with Gasteiger partial charge in [0.1, 0.15) is 24.4 Å². The van der Waals surface area contributed by atoms with Crippen molar-refractivity contribution in [1.29, 1.82) is 0 Å². The van der Waals surface area contributed by atoms with Gasteiger partial charge in [0.05, 0.1) is 9.40 Å². The first-order chi connectivity index (χ1) is 34.2. The van der Waals surface area contributed by atoms with Crippen molar-refractivity contribution >= 4 is 76.1 Å². The Labute approximate surface area is 422 Å². The van der Waals surface area contributed by atoms with Crippen LogP contribution in [0.25, 0.3) is 51.8 Å². The fourth-order valence-corrected chi connectivity index (χ4v) is 13.0. The van der Waals surface area contributed by atoms with Crippen LogP contribution in [0.5, 0.6) is 0 Å². The van der Waals surface area contributed by atoms with Crippen LogP contribution in [-0.2, 0) is 38.1 Å². The lowest BCUT2D eigenvalue weighted by molar-refractivity contribution is -0.156. The molecule has 6 aromatic rings. The number of unbranched alkanes of at least 4 members (excludes halogenated alkanes) is 10. The molecular weight excluding hydrogens is 913 g/mol. The van der Waals surface area contributed by atoms with Gasteiger partial charge in [0.15, 0.2) is 0 Å². The molecule has 0 saturated heterocycles. The molecule has 8 nitrogen and oxygen atoms in total. The number of hydrogen-bond donors (Lipinski definition) is 0. The van der Waals surface area contributed by atoms with Gasteiger partial charge in [-0.05, 0) is 120 Å². The molecule has 0 aliphatic heterocycles. The minimum absolute atomic E-state index is 0.162. The lowest BCUT2D eigenvalue weighted by Crippen LogP contribution is -2.22. The molecule has 2 heterocycles. The van der Waals surface area contributed by atoms with Gasteiger partial charge in [-0.15, -0.1) is 22.7 Å². The van der Waals surface area contributed by atoms with Crippen LogP contribution in [0.15, 0.2) is 72.8 Å². The summed E-state index contributed by atoms with van der Waals surface area (Å²) in [4.78, 5) is 52.0. The molecule has 4 unspecified atom stereocenters. The zero-order chi connectivity index (χ0) is 49.0. The summed E-state index contributed by atoms with van der Waals surface area (Å²) in [6.07, 6.45) is 16.5. The van der Waals surface area contributed by atoms with Gasteiger partial charge in [-0.2, -0.15) is 0 Å². The number of fused-ring (bicyclic) bond motifs is 7. The smallest absolute Gasteiger partial charge is 0.306 e. The molecule has 2 aromatic heterocycles. The molecule has 0 bridgehead atoms. The number of hydrogen-bond acceptors (Lipinski definition) is 10. The molecule has 70 heavy (non-hydrogen) atoms. The van der Waals surface area contributed by atoms with Crippen LogP contribution >= 0.6 is 22.7 Å². The Hall–Kier alpha value is -5.06. The summed E-state index contributed by atoms with van der Waals surface area (Å²) in [6, 6.07) is 26.1. The lowest BCUT2D eigenvalue weighted by Gasteiger charge is -2.31. The predicted octanol–water partition coefficient (Wildman–Crippen LogP) is 17.6. The molecule has 0 amide bonds. The quantitative estimate of drug-likeness (QED) is 0.0335.